The number of aromatic nitrogens is 1. The van der Waals surface area contributed by atoms with E-state index in [9.17, 15) is 9.59 Å². The van der Waals surface area contributed by atoms with Gasteiger partial charge in [-0.3, -0.25) is 14.9 Å². The molecule has 1 amide bonds. The molecule has 32 heavy (non-hydrogen) atoms. The first-order valence-electron chi connectivity index (χ1n) is 9.78. The fourth-order valence-corrected chi connectivity index (χ4v) is 3.90. The van der Waals surface area contributed by atoms with Gasteiger partial charge in [-0.2, -0.15) is 0 Å². The molecule has 2 heterocycles. The van der Waals surface area contributed by atoms with E-state index in [4.69, 9.17) is 9.15 Å². The summed E-state index contributed by atoms with van der Waals surface area (Å²) in [6.07, 6.45) is 1.18. The van der Waals surface area contributed by atoms with Gasteiger partial charge in [0.1, 0.15) is 28.9 Å². The normalized spacial score (nSPS) is 10.8. The number of ether oxygens (including phenoxy) is 1. The number of fused-ring (bicyclic) bond motifs is 1. The van der Waals surface area contributed by atoms with Crippen molar-refractivity contribution in [2.45, 2.75) is 0 Å². The number of benzene rings is 3. The molecule has 0 radical (unpaired) electrons. The van der Waals surface area contributed by atoms with Crippen LogP contribution in [0, 0.1) is 0 Å². The van der Waals surface area contributed by atoms with Crippen molar-refractivity contribution < 1.29 is 13.9 Å². The maximum absolute atomic E-state index is 12.6. The fraction of sp³-hybridized carbons (Fsp3) is 0. The lowest BCUT2D eigenvalue weighted by atomic mass is 10.1. The first-order chi connectivity index (χ1) is 15.7. The second-order valence-corrected chi connectivity index (χ2v) is 7.76. The van der Waals surface area contributed by atoms with E-state index in [1.54, 1.807) is 24.3 Å². The van der Waals surface area contributed by atoms with Crippen molar-refractivity contribution in [1.82, 2.24) is 4.98 Å². The summed E-state index contributed by atoms with van der Waals surface area (Å²) < 4.78 is 11.2. The van der Waals surface area contributed by atoms with E-state index in [-0.39, 0.29) is 11.0 Å². The zero-order valence-electron chi connectivity index (χ0n) is 16.6. The van der Waals surface area contributed by atoms with Gasteiger partial charge >= 0.3 is 0 Å². The van der Waals surface area contributed by atoms with Gasteiger partial charge in [-0.05, 0) is 48.5 Å². The Morgan fingerprint density at radius 1 is 0.906 bits per heavy atom. The van der Waals surface area contributed by atoms with Gasteiger partial charge in [-0.25, -0.2) is 4.98 Å². The second kappa shape index (κ2) is 8.49. The van der Waals surface area contributed by atoms with Gasteiger partial charge < -0.3 is 9.15 Å². The highest BCUT2D eigenvalue weighted by atomic mass is 32.1. The molecule has 5 aromatic rings. The third-order valence-corrected chi connectivity index (χ3v) is 5.54. The molecule has 3 aromatic carbocycles. The second-order valence-electron chi connectivity index (χ2n) is 6.91. The van der Waals surface area contributed by atoms with Gasteiger partial charge in [0, 0.05) is 10.9 Å². The lowest BCUT2D eigenvalue weighted by molar-refractivity contribution is 0.102. The van der Waals surface area contributed by atoms with Gasteiger partial charge in [-0.15, -0.1) is 11.3 Å². The molecule has 6 nitrogen and oxygen atoms in total. The smallest absolute Gasteiger partial charge is 0.264 e. The van der Waals surface area contributed by atoms with Crippen LogP contribution in [0.3, 0.4) is 0 Å². The average Bonchev–Trinajstić information content (AvgIpc) is 3.29. The highest BCUT2D eigenvalue weighted by Crippen LogP contribution is 2.28. The molecule has 0 saturated carbocycles. The molecule has 5 rings (SSSR count). The van der Waals surface area contributed by atoms with Gasteiger partial charge in [-0.1, -0.05) is 30.3 Å². The molecule has 0 unspecified atom stereocenters. The average molecular weight is 440 g/mol. The molecular formula is C25H16N2O4S. The van der Waals surface area contributed by atoms with E-state index in [1.165, 1.54) is 17.6 Å². The van der Waals surface area contributed by atoms with Crippen molar-refractivity contribution in [2.75, 3.05) is 5.32 Å². The van der Waals surface area contributed by atoms with Gasteiger partial charge in [0.15, 0.2) is 5.13 Å². The number of rotatable bonds is 5. The third-order valence-electron chi connectivity index (χ3n) is 4.78. The minimum absolute atomic E-state index is 0.0668. The first-order valence-corrected chi connectivity index (χ1v) is 10.7. The van der Waals surface area contributed by atoms with Crippen molar-refractivity contribution >= 4 is 33.3 Å². The number of carbonyl (C=O) groups excluding carboxylic acids is 1. The molecule has 7 heteroatoms. The Labute approximate surface area is 186 Å². The van der Waals surface area contributed by atoms with Crippen LogP contribution in [0.4, 0.5) is 5.13 Å². The van der Waals surface area contributed by atoms with Crippen molar-refractivity contribution in [1.29, 1.82) is 0 Å². The van der Waals surface area contributed by atoms with Crippen molar-refractivity contribution in [3.05, 3.63) is 106 Å². The number of amides is 1. The number of hydrogen-bond acceptors (Lipinski definition) is 6. The minimum atomic E-state index is -0.558. The molecule has 1 N–H and O–H groups in total. The van der Waals surface area contributed by atoms with E-state index in [2.05, 4.69) is 10.3 Å². The molecule has 0 bridgehead atoms. The maximum atomic E-state index is 12.6. The fourth-order valence-electron chi connectivity index (χ4n) is 3.18. The molecular weight excluding hydrogens is 424 g/mol. The predicted molar refractivity (Wildman–Crippen MR) is 125 cm³/mol. The highest BCUT2D eigenvalue weighted by molar-refractivity contribution is 7.14. The molecule has 2 aromatic heterocycles. The molecule has 0 atom stereocenters. The van der Waals surface area contributed by atoms with E-state index in [1.807, 2.05) is 60.0 Å². The van der Waals surface area contributed by atoms with Gasteiger partial charge in [0.25, 0.3) is 5.91 Å². The summed E-state index contributed by atoms with van der Waals surface area (Å²) in [5.74, 6) is 0.917. The van der Waals surface area contributed by atoms with E-state index in [0.717, 1.165) is 11.3 Å². The number of nitrogens with one attached hydrogen (secondary N) is 1. The molecule has 0 aliphatic carbocycles. The third kappa shape index (κ3) is 4.01. The first kappa shape index (κ1) is 19.7. The van der Waals surface area contributed by atoms with Gasteiger partial charge in [0.2, 0.25) is 5.43 Å². The predicted octanol–water partition coefficient (Wildman–Crippen LogP) is 5.96. The number of hydrogen-bond donors (Lipinski definition) is 1. The Balaban J connectivity index is 1.31. The molecule has 0 aliphatic rings. The van der Waals surface area contributed by atoms with Gasteiger partial charge in [0.05, 0.1) is 11.1 Å². The number of nitrogens with zero attached hydrogens (tertiary/aromatic N) is 1. The van der Waals surface area contributed by atoms with E-state index >= 15 is 0 Å². The Morgan fingerprint density at radius 3 is 2.44 bits per heavy atom. The zero-order valence-corrected chi connectivity index (χ0v) is 17.5. The lowest BCUT2D eigenvalue weighted by Gasteiger charge is -2.06. The van der Waals surface area contributed by atoms with Crippen molar-refractivity contribution in [3.8, 4) is 22.8 Å². The quantitative estimate of drug-likeness (QED) is 0.365. The number of carbonyl (C=O) groups is 1. The number of para-hydroxylation sites is 2. The van der Waals surface area contributed by atoms with E-state index in [0.29, 0.717) is 27.5 Å². The summed E-state index contributed by atoms with van der Waals surface area (Å²) in [6.45, 7) is 0. The Hall–Kier alpha value is -4.23. The highest BCUT2D eigenvalue weighted by Gasteiger charge is 2.16. The SMILES string of the molecule is O=C(Nc1nc(-c2ccc(Oc3ccccc3)cc2)cs1)c1coc2ccccc2c1=O. The van der Waals surface area contributed by atoms with E-state index < -0.39 is 5.91 Å². The summed E-state index contributed by atoms with van der Waals surface area (Å²) in [6, 6.07) is 23.9. The summed E-state index contributed by atoms with van der Waals surface area (Å²) in [7, 11) is 0. The van der Waals surface area contributed by atoms with Crippen molar-refractivity contribution in [3.63, 3.8) is 0 Å². The lowest BCUT2D eigenvalue weighted by Crippen LogP contribution is -2.21. The topological polar surface area (TPSA) is 81.4 Å². The summed E-state index contributed by atoms with van der Waals surface area (Å²) in [5, 5.41) is 5.27. The van der Waals surface area contributed by atoms with Crippen LogP contribution >= 0.6 is 11.3 Å². The molecule has 156 valence electrons. The molecule has 0 fully saturated rings. The Bertz CT molecular complexity index is 1460. The summed E-state index contributed by atoms with van der Waals surface area (Å²) in [4.78, 5) is 29.7. The van der Waals surface area contributed by atoms with Crippen LogP contribution in [0.25, 0.3) is 22.2 Å². The Morgan fingerprint density at radius 2 is 1.62 bits per heavy atom. The number of anilines is 1. The molecule has 0 saturated heterocycles. The Kier molecular flexibility index (Phi) is 5.23. The summed E-state index contributed by atoms with van der Waals surface area (Å²) in [5.41, 5.74) is 1.58. The maximum Gasteiger partial charge on any atom is 0.264 e. The van der Waals surface area contributed by atoms with Crippen LogP contribution in [0.1, 0.15) is 10.4 Å². The molecule has 0 aliphatic heterocycles. The number of thiazole rings is 1. The monoisotopic (exact) mass is 440 g/mol. The van der Waals surface area contributed by atoms with Crippen LogP contribution in [-0.4, -0.2) is 10.9 Å². The van der Waals surface area contributed by atoms with Crippen molar-refractivity contribution in [2.24, 2.45) is 0 Å². The van der Waals surface area contributed by atoms with Crippen LogP contribution in [0.2, 0.25) is 0 Å². The molecule has 0 spiro atoms. The summed E-state index contributed by atoms with van der Waals surface area (Å²) >= 11 is 1.28. The van der Waals surface area contributed by atoms with Crippen LogP contribution in [-0.2, 0) is 0 Å². The standard InChI is InChI=1S/C25H16N2O4S/c28-23-19-8-4-5-9-22(19)30-14-20(23)24(29)27-25-26-21(15-32-25)16-10-12-18(13-11-16)31-17-6-2-1-3-7-17/h1-15H,(H,26,27,29). The zero-order chi connectivity index (χ0) is 21.9. The van der Waals surface area contributed by atoms with Crippen LogP contribution < -0.4 is 15.5 Å². The largest absolute Gasteiger partial charge is 0.463 e. The van der Waals surface area contributed by atoms with Crippen LogP contribution in [0.15, 0.2) is 99.7 Å². The van der Waals surface area contributed by atoms with Crippen LogP contribution in [0.5, 0.6) is 11.5 Å². The minimum Gasteiger partial charge on any atom is -0.463 e.